The third-order valence-corrected chi connectivity index (χ3v) is 10.2. The fourth-order valence-electron chi connectivity index (χ4n) is 5.95. The van der Waals surface area contributed by atoms with E-state index in [-0.39, 0.29) is 12.2 Å². The van der Waals surface area contributed by atoms with Crippen LogP contribution in [0.25, 0.3) is 0 Å². The lowest BCUT2D eigenvalue weighted by molar-refractivity contribution is -0.0154. The van der Waals surface area contributed by atoms with E-state index in [0.29, 0.717) is 46.8 Å². The minimum Gasteiger partial charge on any atom is -0.497 e. The molecule has 0 aliphatic heterocycles. The zero-order valence-corrected chi connectivity index (χ0v) is 23.2. The van der Waals surface area contributed by atoms with Crippen LogP contribution in [-0.2, 0) is 13.6 Å². The Balaban J connectivity index is 1.94. The largest absolute Gasteiger partial charge is 0.497 e. The number of aliphatic hydroxyl groups is 1. The van der Waals surface area contributed by atoms with Gasteiger partial charge in [-0.2, -0.15) is 0 Å². The summed E-state index contributed by atoms with van der Waals surface area (Å²) in [4.78, 5) is 0. The molecule has 2 aliphatic carbocycles. The molecule has 0 radical (unpaired) electrons. The molecule has 2 fully saturated rings. The number of ether oxygens (including phenoxy) is 1. The first-order chi connectivity index (χ1) is 16.0. The molecule has 0 saturated heterocycles. The second kappa shape index (κ2) is 11.9. The van der Waals surface area contributed by atoms with Gasteiger partial charge in [-0.05, 0) is 78.9 Å². The van der Waals surface area contributed by atoms with Crippen molar-refractivity contribution in [2.75, 3.05) is 7.11 Å². The molecule has 34 heavy (non-hydrogen) atoms. The van der Waals surface area contributed by atoms with E-state index in [0.717, 1.165) is 38.5 Å². The van der Waals surface area contributed by atoms with Crippen LogP contribution < -0.4 is 4.74 Å². The first-order valence-electron chi connectivity index (χ1n) is 13.3. The molecule has 0 unspecified atom stereocenters. The second-order valence-corrected chi connectivity index (χ2v) is 13.6. The molecule has 5 nitrogen and oxygen atoms in total. The van der Waals surface area contributed by atoms with Gasteiger partial charge in [0.25, 0.3) is 0 Å². The molecule has 194 valence electrons. The number of rotatable bonds is 9. The molecule has 2 aliphatic rings. The van der Waals surface area contributed by atoms with E-state index in [1.807, 2.05) is 0 Å². The molecule has 1 aromatic carbocycles. The Morgan fingerprint density at radius 1 is 0.824 bits per heavy atom. The molecular formula is C28H47O5P. The first kappa shape index (κ1) is 27.7. The van der Waals surface area contributed by atoms with Crippen LogP contribution in [0.5, 0.6) is 5.75 Å². The van der Waals surface area contributed by atoms with Crippen LogP contribution in [-0.4, -0.2) is 24.4 Å². The fraction of sp³-hybridized carbons (Fsp3) is 0.786. The van der Waals surface area contributed by atoms with Crippen LogP contribution >= 0.6 is 7.60 Å². The zero-order valence-electron chi connectivity index (χ0n) is 22.3. The Morgan fingerprint density at radius 2 is 1.26 bits per heavy atom. The molecule has 3 rings (SSSR count). The van der Waals surface area contributed by atoms with E-state index in [1.54, 1.807) is 31.4 Å². The number of benzene rings is 1. The molecule has 0 bridgehead atoms. The smallest absolute Gasteiger partial charge is 0.363 e. The van der Waals surface area contributed by atoms with Crippen LogP contribution in [0.15, 0.2) is 24.3 Å². The van der Waals surface area contributed by atoms with E-state index >= 15 is 0 Å². The number of hydrogen-bond donors (Lipinski definition) is 1. The molecule has 7 atom stereocenters. The molecule has 2 saturated carbocycles. The lowest BCUT2D eigenvalue weighted by Gasteiger charge is -2.42. The maximum atomic E-state index is 14.6. The topological polar surface area (TPSA) is 65.0 Å². The molecule has 1 aromatic rings. The van der Waals surface area contributed by atoms with E-state index in [1.165, 1.54) is 0 Å². The van der Waals surface area contributed by atoms with Crippen LogP contribution in [0.1, 0.15) is 91.5 Å². The van der Waals surface area contributed by atoms with Crippen LogP contribution in [0, 0.1) is 35.5 Å². The maximum Gasteiger partial charge on any atom is 0.363 e. The average molecular weight is 495 g/mol. The summed E-state index contributed by atoms with van der Waals surface area (Å²) in [5, 5.41) is 11.5. The minimum absolute atomic E-state index is 0.180. The van der Waals surface area contributed by atoms with Gasteiger partial charge in [-0.1, -0.05) is 66.5 Å². The fourth-order valence-corrected chi connectivity index (χ4v) is 8.01. The summed E-state index contributed by atoms with van der Waals surface area (Å²) >= 11 is 0. The quantitative estimate of drug-likeness (QED) is 0.354. The van der Waals surface area contributed by atoms with Crippen molar-refractivity contribution in [3.63, 3.8) is 0 Å². The molecule has 0 amide bonds. The van der Waals surface area contributed by atoms with Gasteiger partial charge in [0.2, 0.25) is 0 Å². The van der Waals surface area contributed by atoms with Gasteiger partial charge in [0, 0.05) is 0 Å². The van der Waals surface area contributed by atoms with Gasteiger partial charge in [0.1, 0.15) is 5.75 Å². The van der Waals surface area contributed by atoms with Gasteiger partial charge in [-0.15, -0.1) is 0 Å². The van der Waals surface area contributed by atoms with Crippen molar-refractivity contribution >= 4 is 7.60 Å². The Kier molecular flexibility index (Phi) is 9.71. The summed E-state index contributed by atoms with van der Waals surface area (Å²) in [6.07, 6.45) is 5.76. The van der Waals surface area contributed by atoms with Crippen molar-refractivity contribution in [3.8, 4) is 5.75 Å². The van der Waals surface area contributed by atoms with Gasteiger partial charge in [-0.25, -0.2) is 0 Å². The SMILES string of the molecule is COc1ccc([C@@H](O)P(=O)(O[C@@H]2C[C@H](C)CC[C@H]2C(C)C)O[C@@H]2C[C@H](C)CC[C@H]2C(C)C)cc1. The van der Waals surface area contributed by atoms with Crippen LogP contribution in [0.2, 0.25) is 0 Å². The molecule has 1 N–H and O–H groups in total. The normalized spacial score (nSPS) is 31.6. The van der Waals surface area contributed by atoms with E-state index in [4.69, 9.17) is 13.8 Å². The third kappa shape index (κ3) is 6.66. The van der Waals surface area contributed by atoms with Gasteiger partial charge in [-0.3, -0.25) is 4.57 Å². The van der Waals surface area contributed by atoms with Crippen molar-refractivity contribution in [1.82, 2.24) is 0 Å². The van der Waals surface area contributed by atoms with Crippen LogP contribution in [0.3, 0.4) is 0 Å². The molecule has 0 spiro atoms. The van der Waals surface area contributed by atoms with E-state index < -0.39 is 13.4 Å². The van der Waals surface area contributed by atoms with Gasteiger partial charge in [0.05, 0.1) is 19.3 Å². The van der Waals surface area contributed by atoms with Crippen molar-refractivity contribution in [2.45, 2.75) is 98.1 Å². The van der Waals surface area contributed by atoms with Crippen molar-refractivity contribution in [1.29, 1.82) is 0 Å². The highest BCUT2D eigenvalue weighted by Crippen LogP contribution is 2.64. The molecule has 0 heterocycles. The molecule has 6 heteroatoms. The molecular weight excluding hydrogens is 447 g/mol. The van der Waals surface area contributed by atoms with Crippen molar-refractivity contribution < 1.29 is 23.5 Å². The molecule has 0 aromatic heterocycles. The van der Waals surface area contributed by atoms with Gasteiger partial charge in [0.15, 0.2) is 5.85 Å². The van der Waals surface area contributed by atoms with Crippen molar-refractivity contribution in [3.05, 3.63) is 29.8 Å². The predicted octanol–water partition coefficient (Wildman–Crippen LogP) is 7.83. The third-order valence-electron chi connectivity index (χ3n) is 8.20. The summed E-state index contributed by atoms with van der Waals surface area (Å²) in [5.74, 6) is 1.83. The zero-order chi connectivity index (χ0) is 25.0. The van der Waals surface area contributed by atoms with E-state index in [9.17, 15) is 9.67 Å². The minimum atomic E-state index is -3.89. The summed E-state index contributed by atoms with van der Waals surface area (Å²) in [5.41, 5.74) is 0.541. The van der Waals surface area contributed by atoms with Gasteiger partial charge >= 0.3 is 7.60 Å². The second-order valence-electron chi connectivity index (χ2n) is 11.6. The summed E-state index contributed by atoms with van der Waals surface area (Å²) < 4.78 is 32.9. The van der Waals surface area contributed by atoms with Gasteiger partial charge < -0.3 is 18.9 Å². The highest BCUT2D eigenvalue weighted by atomic mass is 31.2. The lowest BCUT2D eigenvalue weighted by Crippen LogP contribution is -2.37. The Bertz CT molecular complexity index is 770. The number of methoxy groups -OCH3 is 1. The summed E-state index contributed by atoms with van der Waals surface area (Å²) in [6, 6.07) is 7.08. The highest BCUT2D eigenvalue weighted by molar-refractivity contribution is 7.54. The first-order valence-corrected chi connectivity index (χ1v) is 14.9. The lowest BCUT2D eigenvalue weighted by atomic mass is 9.75. The van der Waals surface area contributed by atoms with Crippen LogP contribution in [0.4, 0.5) is 0 Å². The Labute approximate surface area is 207 Å². The summed E-state index contributed by atoms with van der Waals surface area (Å²) in [6.45, 7) is 13.3. The Hall–Kier alpha value is -0.870. The monoisotopic (exact) mass is 494 g/mol. The van der Waals surface area contributed by atoms with E-state index in [2.05, 4.69) is 41.5 Å². The maximum absolute atomic E-state index is 14.6. The number of aliphatic hydroxyl groups excluding tert-OH is 1. The standard InChI is InChI=1S/C28H47O5P/c1-18(2)24-14-8-20(5)16-26(24)32-34(30,28(29)22-10-12-23(31-7)13-11-22)33-27-17-21(6)9-15-25(27)19(3)4/h10-13,18-21,24-29H,8-9,14-17H2,1-7H3/t20-,21-,24+,25+,26-,27-,28+/m1/s1. The van der Waals surface area contributed by atoms with Crippen molar-refractivity contribution in [2.24, 2.45) is 35.5 Å². The number of hydrogen-bond acceptors (Lipinski definition) is 5. The average Bonchev–Trinajstić information content (AvgIpc) is 2.78. The predicted molar refractivity (Wildman–Crippen MR) is 138 cm³/mol. The highest BCUT2D eigenvalue weighted by Gasteiger charge is 2.46. The Morgan fingerprint density at radius 3 is 1.65 bits per heavy atom. The summed E-state index contributed by atoms with van der Waals surface area (Å²) in [7, 11) is -2.28.